The minimum absolute atomic E-state index is 0.0496. The van der Waals surface area contributed by atoms with Crippen molar-refractivity contribution in [3.63, 3.8) is 0 Å². The molecule has 0 aliphatic heterocycles. The highest BCUT2D eigenvalue weighted by atomic mass is 35.5. The van der Waals surface area contributed by atoms with Crippen LogP contribution in [0.1, 0.15) is 48.4 Å². The fourth-order valence-corrected chi connectivity index (χ4v) is 2.87. The molecule has 1 atom stereocenters. The third kappa shape index (κ3) is 5.61. The summed E-state index contributed by atoms with van der Waals surface area (Å²) in [6.45, 7) is 8.11. The van der Waals surface area contributed by atoms with Gasteiger partial charge in [-0.1, -0.05) is 11.6 Å². The van der Waals surface area contributed by atoms with Crippen molar-refractivity contribution in [1.82, 2.24) is 5.32 Å². The SMILES string of the molecule is COc1ccc(C(=O)Nc2cc(C(O)CNC(C)(C)C)cc(Cl)c2O)cc1C. The lowest BCUT2D eigenvalue weighted by molar-refractivity contribution is 0.102. The predicted octanol–water partition coefficient (Wildman–Crippen LogP) is 4.04. The second kappa shape index (κ2) is 8.82. The first-order valence-electron chi connectivity index (χ1n) is 8.93. The lowest BCUT2D eigenvalue weighted by Crippen LogP contribution is -2.38. The molecule has 0 saturated carbocycles. The Hall–Kier alpha value is -2.28. The monoisotopic (exact) mass is 406 g/mol. The maximum Gasteiger partial charge on any atom is 0.255 e. The second-order valence-corrected chi connectivity index (χ2v) is 8.09. The van der Waals surface area contributed by atoms with Gasteiger partial charge in [0.05, 0.1) is 23.9 Å². The number of benzene rings is 2. The molecule has 28 heavy (non-hydrogen) atoms. The quantitative estimate of drug-likeness (QED) is 0.543. The molecule has 6 nitrogen and oxygen atoms in total. The van der Waals surface area contributed by atoms with Crippen LogP contribution in [0.2, 0.25) is 5.02 Å². The summed E-state index contributed by atoms with van der Waals surface area (Å²) in [4.78, 5) is 12.6. The van der Waals surface area contributed by atoms with Gasteiger partial charge in [0.2, 0.25) is 0 Å². The minimum atomic E-state index is -0.851. The number of aliphatic hydroxyl groups is 1. The van der Waals surface area contributed by atoms with Crippen molar-refractivity contribution in [1.29, 1.82) is 0 Å². The average Bonchev–Trinajstić information content (AvgIpc) is 2.62. The Morgan fingerprint density at radius 2 is 1.93 bits per heavy atom. The van der Waals surface area contributed by atoms with Crippen LogP contribution in [0.4, 0.5) is 5.69 Å². The van der Waals surface area contributed by atoms with Gasteiger partial charge in [-0.2, -0.15) is 0 Å². The van der Waals surface area contributed by atoms with E-state index in [1.165, 1.54) is 12.1 Å². The third-order valence-electron chi connectivity index (χ3n) is 4.20. The van der Waals surface area contributed by atoms with E-state index in [-0.39, 0.29) is 22.0 Å². The zero-order valence-electron chi connectivity index (χ0n) is 16.8. The molecule has 152 valence electrons. The summed E-state index contributed by atoms with van der Waals surface area (Å²) in [6.07, 6.45) is -0.851. The molecule has 0 aliphatic rings. The van der Waals surface area contributed by atoms with E-state index in [0.29, 0.717) is 23.4 Å². The van der Waals surface area contributed by atoms with Crippen molar-refractivity contribution < 1.29 is 19.7 Å². The number of methoxy groups -OCH3 is 1. The highest BCUT2D eigenvalue weighted by Crippen LogP contribution is 2.35. The second-order valence-electron chi connectivity index (χ2n) is 7.68. The number of phenolic OH excluding ortho intramolecular Hbond substituents is 1. The Labute approximate surface area is 170 Å². The number of hydrogen-bond donors (Lipinski definition) is 4. The van der Waals surface area contributed by atoms with E-state index in [1.807, 2.05) is 27.7 Å². The average molecular weight is 407 g/mol. The number of phenols is 1. The van der Waals surface area contributed by atoms with Gasteiger partial charge in [-0.15, -0.1) is 0 Å². The van der Waals surface area contributed by atoms with Crippen LogP contribution < -0.4 is 15.4 Å². The fraction of sp³-hybridized carbons (Fsp3) is 0.381. The molecule has 0 spiro atoms. The molecule has 0 aliphatic carbocycles. The number of anilines is 1. The smallest absolute Gasteiger partial charge is 0.255 e. The zero-order chi connectivity index (χ0) is 21.1. The fourth-order valence-electron chi connectivity index (χ4n) is 2.64. The van der Waals surface area contributed by atoms with Gasteiger partial charge in [-0.25, -0.2) is 0 Å². The van der Waals surface area contributed by atoms with Gasteiger partial charge < -0.3 is 25.6 Å². The molecule has 0 saturated heterocycles. The van der Waals surface area contributed by atoms with E-state index >= 15 is 0 Å². The van der Waals surface area contributed by atoms with E-state index < -0.39 is 12.0 Å². The summed E-state index contributed by atoms with van der Waals surface area (Å²) in [5.74, 6) is 0.0236. The number of hydrogen-bond acceptors (Lipinski definition) is 5. The Morgan fingerprint density at radius 1 is 1.25 bits per heavy atom. The van der Waals surface area contributed by atoms with Crippen LogP contribution in [0, 0.1) is 6.92 Å². The molecular formula is C21H27ClN2O4. The summed E-state index contributed by atoms with van der Waals surface area (Å²) in [5, 5.41) is 26.6. The van der Waals surface area contributed by atoms with Crippen LogP contribution in [0.25, 0.3) is 0 Å². The van der Waals surface area contributed by atoms with E-state index in [1.54, 1.807) is 25.3 Å². The van der Waals surface area contributed by atoms with Gasteiger partial charge in [0.1, 0.15) is 5.75 Å². The predicted molar refractivity (Wildman–Crippen MR) is 112 cm³/mol. The number of carbonyl (C=O) groups is 1. The van der Waals surface area contributed by atoms with Gasteiger partial charge in [-0.05, 0) is 69.2 Å². The molecule has 2 aromatic rings. The summed E-state index contributed by atoms with van der Waals surface area (Å²) < 4.78 is 5.20. The number of β-amino-alcohol motifs (C(OH)–C–C–N with tert-alkyl or cyclic N) is 1. The molecule has 1 unspecified atom stereocenters. The summed E-state index contributed by atoms with van der Waals surface area (Å²) >= 11 is 6.10. The number of nitrogens with one attached hydrogen (secondary N) is 2. The van der Waals surface area contributed by atoms with E-state index in [2.05, 4.69) is 10.6 Å². The maximum absolute atomic E-state index is 12.6. The number of halogens is 1. The molecule has 2 aromatic carbocycles. The normalized spacial score (nSPS) is 12.5. The van der Waals surface area contributed by atoms with Crippen molar-refractivity contribution in [3.05, 3.63) is 52.0 Å². The Balaban J connectivity index is 2.24. The van der Waals surface area contributed by atoms with E-state index in [9.17, 15) is 15.0 Å². The highest BCUT2D eigenvalue weighted by molar-refractivity contribution is 6.32. The van der Waals surface area contributed by atoms with Crippen LogP contribution in [0.15, 0.2) is 30.3 Å². The van der Waals surface area contributed by atoms with Gasteiger partial charge in [0.25, 0.3) is 5.91 Å². The first-order chi connectivity index (χ1) is 13.0. The van der Waals surface area contributed by atoms with Gasteiger partial charge in [0, 0.05) is 17.6 Å². The molecular weight excluding hydrogens is 380 g/mol. The van der Waals surface area contributed by atoms with Crippen LogP contribution in [-0.4, -0.2) is 35.3 Å². The molecule has 4 N–H and O–H groups in total. The summed E-state index contributed by atoms with van der Waals surface area (Å²) in [7, 11) is 1.56. The van der Waals surface area contributed by atoms with Crippen molar-refractivity contribution in [3.8, 4) is 11.5 Å². The Morgan fingerprint density at radius 3 is 2.50 bits per heavy atom. The van der Waals surface area contributed by atoms with Gasteiger partial charge in [-0.3, -0.25) is 4.79 Å². The highest BCUT2D eigenvalue weighted by Gasteiger charge is 2.18. The number of ether oxygens (including phenoxy) is 1. The summed E-state index contributed by atoms with van der Waals surface area (Å²) in [6, 6.07) is 8.03. The number of carbonyl (C=O) groups excluding carboxylic acids is 1. The molecule has 0 heterocycles. The lowest BCUT2D eigenvalue weighted by Gasteiger charge is -2.23. The maximum atomic E-state index is 12.6. The molecule has 7 heteroatoms. The van der Waals surface area contributed by atoms with Gasteiger partial charge >= 0.3 is 0 Å². The molecule has 0 radical (unpaired) electrons. The van der Waals surface area contributed by atoms with Crippen molar-refractivity contribution in [2.24, 2.45) is 0 Å². The first kappa shape index (κ1) is 22.0. The topological polar surface area (TPSA) is 90.8 Å². The Bertz CT molecular complexity index is 862. The van der Waals surface area contributed by atoms with Crippen LogP contribution in [0.3, 0.4) is 0 Å². The minimum Gasteiger partial charge on any atom is -0.504 e. The van der Waals surface area contributed by atoms with Crippen molar-refractivity contribution in [2.45, 2.75) is 39.3 Å². The largest absolute Gasteiger partial charge is 0.504 e. The third-order valence-corrected chi connectivity index (χ3v) is 4.49. The van der Waals surface area contributed by atoms with Crippen molar-refractivity contribution >= 4 is 23.2 Å². The standard InChI is InChI=1S/C21H27ClN2O4/c1-12-8-13(6-7-18(12)28-5)20(27)24-16-10-14(9-15(22)19(16)26)17(25)11-23-21(2,3)4/h6-10,17,23,25-26H,11H2,1-5H3,(H,24,27). The molecule has 1 amide bonds. The van der Waals surface area contributed by atoms with Crippen molar-refractivity contribution in [2.75, 3.05) is 19.0 Å². The number of aryl methyl sites for hydroxylation is 1. The zero-order valence-corrected chi connectivity index (χ0v) is 17.5. The molecule has 0 aromatic heterocycles. The summed E-state index contributed by atoms with van der Waals surface area (Å²) in [5.41, 5.74) is 1.69. The number of aromatic hydroxyl groups is 1. The molecule has 2 rings (SSSR count). The van der Waals surface area contributed by atoms with E-state index in [0.717, 1.165) is 5.56 Å². The number of amides is 1. The van der Waals surface area contributed by atoms with Crippen LogP contribution >= 0.6 is 11.6 Å². The molecule has 0 bridgehead atoms. The van der Waals surface area contributed by atoms with Crippen LogP contribution in [0.5, 0.6) is 11.5 Å². The van der Waals surface area contributed by atoms with Crippen LogP contribution in [-0.2, 0) is 0 Å². The number of rotatable bonds is 6. The lowest BCUT2D eigenvalue weighted by atomic mass is 10.0. The number of aliphatic hydroxyl groups excluding tert-OH is 1. The van der Waals surface area contributed by atoms with Gasteiger partial charge in [0.15, 0.2) is 5.75 Å². The Kier molecular flexibility index (Phi) is 6.93. The van der Waals surface area contributed by atoms with E-state index in [4.69, 9.17) is 16.3 Å². The molecule has 0 fully saturated rings. The first-order valence-corrected chi connectivity index (χ1v) is 9.31.